The number of benzene rings is 1. The van der Waals surface area contributed by atoms with Crippen LogP contribution in [0.25, 0.3) is 0 Å². The van der Waals surface area contributed by atoms with Gasteiger partial charge in [-0.3, -0.25) is 0 Å². The lowest BCUT2D eigenvalue weighted by Crippen LogP contribution is -2.25. The number of nitrogens with zero attached hydrogens (tertiary/aromatic N) is 3. The third-order valence-electron chi connectivity index (χ3n) is 2.89. The minimum Gasteiger partial charge on any atom is -0.363 e. The van der Waals surface area contributed by atoms with Crippen LogP contribution in [-0.2, 0) is 16.6 Å². The van der Waals surface area contributed by atoms with Gasteiger partial charge in [0.1, 0.15) is 11.6 Å². The Labute approximate surface area is 144 Å². The van der Waals surface area contributed by atoms with Gasteiger partial charge in [0.2, 0.25) is 10.0 Å². The van der Waals surface area contributed by atoms with Crippen molar-refractivity contribution in [2.24, 2.45) is 0 Å². The van der Waals surface area contributed by atoms with Crippen LogP contribution in [0.5, 0.6) is 0 Å². The zero-order valence-corrected chi connectivity index (χ0v) is 15.5. The Morgan fingerprint density at radius 1 is 1.18 bits per heavy atom. The second-order valence-electron chi connectivity index (χ2n) is 4.96. The highest BCUT2D eigenvalue weighted by molar-refractivity contribution is 14.1. The largest absolute Gasteiger partial charge is 0.363 e. The molecule has 118 valence electrons. The van der Waals surface area contributed by atoms with Crippen molar-refractivity contribution >= 4 is 38.4 Å². The van der Waals surface area contributed by atoms with Gasteiger partial charge in [-0.25, -0.2) is 23.1 Å². The summed E-state index contributed by atoms with van der Waals surface area (Å²) in [6.45, 7) is 1.91. The van der Waals surface area contributed by atoms with E-state index in [1.807, 2.05) is 32.0 Å². The molecule has 1 heterocycles. The van der Waals surface area contributed by atoms with Crippen LogP contribution < -0.4 is 9.62 Å². The van der Waals surface area contributed by atoms with Crippen molar-refractivity contribution in [2.45, 2.75) is 18.4 Å². The standard InChI is InChI=1S/C14H17IN4O2S/c1-10-8-14(19(2)3)18-13(17-10)9-16-22(20,21)12-6-4-11(15)5-7-12/h4-8,16H,9H2,1-3H3. The van der Waals surface area contributed by atoms with Crippen molar-refractivity contribution in [2.75, 3.05) is 19.0 Å². The van der Waals surface area contributed by atoms with E-state index in [9.17, 15) is 8.42 Å². The zero-order chi connectivity index (χ0) is 16.3. The van der Waals surface area contributed by atoms with Gasteiger partial charge >= 0.3 is 0 Å². The Kier molecular flexibility index (Phi) is 5.35. The van der Waals surface area contributed by atoms with Gasteiger partial charge in [0.05, 0.1) is 11.4 Å². The average molecular weight is 432 g/mol. The van der Waals surface area contributed by atoms with Gasteiger partial charge in [0.25, 0.3) is 0 Å². The quantitative estimate of drug-likeness (QED) is 0.732. The van der Waals surface area contributed by atoms with Crippen LogP contribution >= 0.6 is 22.6 Å². The minimum absolute atomic E-state index is 0.0524. The van der Waals surface area contributed by atoms with Gasteiger partial charge in [-0.1, -0.05) is 0 Å². The Morgan fingerprint density at radius 2 is 1.82 bits per heavy atom. The van der Waals surface area contributed by atoms with Crippen molar-refractivity contribution < 1.29 is 8.42 Å². The predicted molar refractivity (Wildman–Crippen MR) is 94.3 cm³/mol. The molecule has 0 aliphatic rings. The van der Waals surface area contributed by atoms with E-state index in [1.165, 1.54) is 0 Å². The molecule has 22 heavy (non-hydrogen) atoms. The molecule has 2 rings (SSSR count). The summed E-state index contributed by atoms with van der Waals surface area (Å²) in [6.07, 6.45) is 0. The lowest BCUT2D eigenvalue weighted by atomic mass is 10.4. The SMILES string of the molecule is Cc1cc(N(C)C)nc(CNS(=O)(=O)c2ccc(I)cc2)n1. The average Bonchev–Trinajstić information content (AvgIpc) is 2.45. The van der Waals surface area contributed by atoms with Crippen LogP contribution in [0, 0.1) is 10.5 Å². The Bertz CT molecular complexity index is 761. The molecule has 0 spiro atoms. The number of rotatable bonds is 5. The molecule has 6 nitrogen and oxygen atoms in total. The number of hydrogen-bond donors (Lipinski definition) is 1. The van der Waals surface area contributed by atoms with Crippen molar-refractivity contribution in [3.8, 4) is 0 Å². The van der Waals surface area contributed by atoms with Gasteiger partial charge in [-0.05, 0) is 53.8 Å². The molecular weight excluding hydrogens is 415 g/mol. The summed E-state index contributed by atoms with van der Waals surface area (Å²) >= 11 is 2.13. The second kappa shape index (κ2) is 6.88. The third-order valence-corrected chi connectivity index (χ3v) is 5.03. The summed E-state index contributed by atoms with van der Waals surface area (Å²) in [6, 6.07) is 8.50. The normalized spacial score (nSPS) is 11.5. The molecule has 0 radical (unpaired) electrons. The lowest BCUT2D eigenvalue weighted by molar-refractivity contribution is 0.579. The molecule has 8 heteroatoms. The van der Waals surface area contributed by atoms with Gasteiger partial charge in [0.15, 0.2) is 0 Å². The molecule has 0 aliphatic heterocycles. The number of hydrogen-bond acceptors (Lipinski definition) is 5. The Balaban J connectivity index is 2.17. The predicted octanol–water partition coefficient (Wildman–Crippen LogP) is 1.93. The van der Waals surface area contributed by atoms with Crippen molar-refractivity contribution in [3.05, 3.63) is 45.4 Å². The Morgan fingerprint density at radius 3 is 2.41 bits per heavy atom. The maximum atomic E-state index is 12.2. The molecule has 1 N–H and O–H groups in total. The number of nitrogens with one attached hydrogen (secondary N) is 1. The first-order chi connectivity index (χ1) is 10.3. The van der Waals surface area contributed by atoms with Gasteiger partial charge in [0, 0.05) is 29.4 Å². The highest BCUT2D eigenvalue weighted by atomic mass is 127. The van der Waals surface area contributed by atoms with E-state index in [2.05, 4.69) is 37.3 Å². The number of anilines is 1. The number of sulfonamides is 1. The maximum Gasteiger partial charge on any atom is 0.240 e. The van der Waals surface area contributed by atoms with Crippen LogP contribution in [0.1, 0.15) is 11.5 Å². The summed E-state index contributed by atoms with van der Waals surface area (Å²) < 4.78 is 28.0. The van der Waals surface area contributed by atoms with Crippen molar-refractivity contribution in [1.82, 2.24) is 14.7 Å². The molecule has 0 unspecified atom stereocenters. The second-order valence-corrected chi connectivity index (χ2v) is 7.97. The number of aryl methyl sites for hydroxylation is 1. The summed E-state index contributed by atoms with van der Waals surface area (Å²) in [7, 11) is 0.184. The van der Waals surface area contributed by atoms with Crippen LogP contribution in [0.4, 0.5) is 5.82 Å². The molecule has 0 saturated carbocycles. The van der Waals surface area contributed by atoms with E-state index in [0.29, 0.717) is 5.82 Å². The first-order valence-corrected chi connectivity index (χ1v) is 9.11. The highest BCUT2D eigenvalue weighted by Crippen LogP contribution is 2.13. The van der Waals surface area contributed by atoms with E-state index in [4.69, 9.17) is 0 Å². The summed E-state index contributed by atoms with van der Waals surface area (Å²) in [5.74, 6) is 1.19. The molecule has 1 aromatic heterocycles. The van der Waals surface area contributed by atoms with Gasteiger partial charge < -0.3 is 4.90 Å². The highest BCUT2D eigenvalue weighted by Gasteiger charge is 2.14. The maximum absolute atomic E-state index is 12.2. The fourth-order valence-corrected chi connectivity index (χ4v) is 3.12. The molecule has 2 aromatic rings. The molecule has 0 aliphatic carbocycles. The first-order valence-electron chi connectivity index (χ1n) is 6.55. The van der Waals surface area contributed by atoms with Crippen molar-refractivity contribution in [3.63, 3.8) is 0 Å². The first kappa shape index (κ1) is 17.1. The Hall–Kier alpha value is -1.26. The van der Waals surface area contributed by atoms with Crippen LogP contribution in [0.2, 0.25) is 0 Å². The molecule has 0 amide bonds. The summed E-state index contributed by atoms with van der Waals surface area (Å²) in [5, 5.41) is 0. The lowest BCUT2D eigenvalue weighted by Gasteiger charge is -2.13. The molecule has 0 saturated heterocycles. The van der Waals surface area contributed by atoms with Gasteiger partial charge in [-0.15, -0.1) is 0 Å². The fourth-order valence-electron chi connectivity index (χ4n) is 1.78. The summed E-state index contributed by atoms with van der Waals surface area (Å²) in [5.41, 5.74) is 0.794. The van der Waals surface area contributed by atoms with Crippen LogP contribution in [0.15, 0.2) is 35.2 Å². The van der Waals surface area contributed by atoms with E-state index in [1.54, 1.807) is 24.3 Å². The zero-order valence-electron chi connectivity index (χ0n) is 12.5. The fraction of sp³-hybridized carbons (Fsp3) is 0.286. The molecule has 1 aromatic carbocycles. The van der Waals surface area contributed by atoms with E-state index >= 15 is 0 Å². The number of halogens is 1. The summed E-state index contributed by atoms with van der Waals surface area (Å²) in [4.78, 5) is 10.7. The minimum atomic E-state index is -3.57. The van der Waals surface area contributed by atoms with E-state index in [0.717, 1.165) is 15.1 Å². The molecule has 0 atom stereocenters. The van der Waals surface area contributed by atoms with Gasteiger partial charge in [-0.2, -0.15) is 0 Å². The van der Waals surface area contributed by atoms with E-state index < -0.39 is 10.0 Å². The third kappa shape index (κ3) is 4.37. The van der Waals surface area contributed by atoms with Crippen LogP contribution in [0.3, 0.4) is 0 Å². The van der Waals surface area contributed by atoms with Crippen molar-refractivity contribution in [1.29, 1.82) is 0 Å². The smallest absolute Gasteiger partial charge is 0.240 e. The number of aromatic nitrogens is 2. The molecule has 0 fully saturated rings. The topological polar surface area (TPSA) is 75.2 Å². The molecule has 0 bridgehead atoms. The van der Waals surface area contributed by atoms with E-state index in [-0.39, 0.29) is 11.4 Å². The monoisotopic (exact) mass is 432 g/mol. The van der Waals surface area contributed by atoms with Crippen LogP contribution in [-0.4, -0.2) is 32.5 Å². The molecular formula is C14H17IN4O2S.